The van der Waals surface area contributed by atoms with Crippen LogP contribution >= 0.6 is 0 Å². The molecule has 0 saturated carbocycles. The topological polar surface area (TPSA) is 111 Å². The maximum atomic E-state index is 12.8. The van der Waals surface area contributed by atoms with Gasteiger partial charge in [-0.15, -0.1) is 0 Å². The number of ether oxygens (including phenoxy) is 2. The van der Waals surface area contributed by atoms with Gasteiger partial charge in [0.25, 0.3) is 5.91 Å². The average Bonchev–Trinajstić information content (AvgIpc) is 2.97. The third kappa shape index (κ3) is 3.75. The Morgan fingerprint density at radius 3 is 2.93 bits per heavy atom. The van der Waals surface area contributed by atoms with Gasteiger partial charge in [0.15, 0.2) is 0 Å². The van der Waals surface area contributed by atoms with Crippen LogP contribution in [0.5, 0.6) is 5.75 Å². The van der Waals surface area contributed by atoms with Gasteiger partial charge < -0.3 is 25.4 Å². The average molecular weight is 375 g/mol. The van der Waals surface area contributed by atoms with Crippen LogP contribution in [0.1, 0.15) is 30.1 Å². The Labute approximate surface area is 158 Å². The van der Waals surface area contributed by atoms with Gasteiger partial charge in [-0.05, 0) is 32.0 Å². The van der Waals surface area contributed by atoms with E-state index in [1.54, 1.807) is 36.1 Å². The number of rotatable bonds is 5. The number of esters is 1. The van der Waals surface area contributed by atoms with Crippen LogP contribution in [-0.2, 0) is 14.3 Å². The number of hydrogen-bond donors (Lipinski definition) is 2. The number of likely N-dealkylation sites (tertiary alicyclic amines) is 1. The molecule has 0 radical (unpaired) electrons. The Kier molecular flexibility index (Phi) is 5.65. The van der Waals surface area contributed by atoms with Crippen molar-refractivity contribution in [3.05, 3.63) is 29.8 Å². The number of benzene rings is 1. The zero-order valence-electron chi connectivity index (χ0n) is 15.4. The van der Waals surface area contributed by atoms with Gasteiger partial charge in [-0.2, -0.15) is 0 Å². The summed E-state index contributed by atoms with van der Waals surface area (Å²) in [6.07, 6.45) is 0.873. The van der Waals surface area contributed by atoms with Crippen LogP contribution in [-0.4, -0.2) is 61.1 Å². The van der Waals surface area contributed by atoms with E-state index in [-0.39, 0.29) is 38.1 Å². The fourth-order valence-electron chi connectivity index (χ4n) is 3.64. The molecule has 146 valence electrons. The number of amides is 2. The molecule has 2 heterocycles. The number of carbonyl (C=O) groups is 3. The minimum Gasteiger partial charge on any atom is -0.490 e. The van der Waals surface area contributed by atoms with E-state index < -0.39 is 17.4 Å². The van der Waals surface area contributed by atoms with Gasteiger partial charge in [0.05, 0.1) is 12.2 Å². The summed E-state index contributed by atoms with van der Waals surface area (Å²) in [5.74, 6) is -1.10. The van der Waals surface area contributed by atoms with E-state index >= 15 is 0 Å². The van der Waals surface area contributed by atoms with Crippen molar-refractivity contribution < 1.29 is 23.9 Å². The summed E-state index contributed by atoms with van der Waals surface area (Å²) in [5.41, 5.74) is 4.87. The molecule has 2 aliphatic heterocycles. The van der Waals surface area contributed by atoms with Crippen LogP contribution in [0, 0.1) is 5.92 Å². The second-order valence-electron chi connectivity index (χ2n) is 6.87. The van der Waals surface area contributed by atoms with Gasteiger partial charge in [0.2, 0.25) is 5.91 Å². The summed E-state index contributed by atoms with van der Waals surface area (Å²) >= 11 is 0. The van der Waals surface area contributed by atoms with Crippen molar-refractivity contribution in [2.75, 3.05) is 32.8 Å². The Morgan fingerprint density at radius 1 is 1.41 bits per heavy atom. The Balaban J connectivity index is 1.89. The lowest BCUT2D eigenvalue weighted by Gasteiger charge is -2.32. The maximum Gasteiger partial charge on any atom is 0.313 e. The summed E-state index contributed by atoms with van der Waals surface area (Å²) < 4.78 is 11.1. The molecule has 2 aliphatic rings. The van der Waals surface area contributed by atoms with E-state index in [9.17, 15) is 14.4 Å². The van der Waals surface area contributed by atoms with E-state index in [0.29, 0.717) is 30.7 Å². The SMILES string of the molecule is CCOC(=O)[C@@H]1CN(C(=O)CCCN)C[C@]12COc1ccccc1C(=O)N2. The molecule has 1 aromatic carbocycles. The van der Waals surface area contributed by atoms with Crippen molar-refractivity contribution in [1.29, 1.82) is 0 Å². The molecule has 1 spiro atoms. The first-order chi connectivity index (χ1) is 13.0. The minimum absolute atomic E-state index is 0.0832. The largest absolute Gasteiger partial charge is 0.490 e. The minimum atomic E-state index is -1.03. The molecule has 0 aromatic heterocycles. The summed E-state index contributed by atoms with van der Waals surface area (Å²) in [4.78, 5) is 39.5. The Hall–Kier alpha value is -2.61. The normalized spacial score (nSPS) is 24.0. The molecule has 3 rings (SSSR count). The lowest BCUT2D eigenvalue weighted by molar-refractivity contribution is -0.150. The molecule has 0 unspecified atom stereocenters. The molecular weight excluding hydrogens is 350 g/mol. The highest BCUT2D eigenvalue weighted by molar-refractivity contribution is 5.98. The predicted molar refractivity (Wildman–Crippen MR) is 97.1 cm³/mol. The molecule has 0 bridgehead atoms. The highest BCUT2D eigenvalue weighted by Gasteiger charge is 2.54. The fourth-order valence-corrected chi connectivity index (χ4v) is 3.64. The van der Waals surface area contributed by atoms with Crippen molar-refractivity contribution >= 4 is 17.8 Å². The maximum absolute atomic E-state index is 12.8. The summed E-state index contributed by atoms with van der Waals surface area (Å²) in [6, 6.07) is 6.92. The first-order valence-corrected chi connectivity index (χ1v) is 9.19. The number of para-hydroxylation sites is 1. The van der Waals surface area contributed by atoms with Crippen molar-refractivity contribution in [2.45, 2.75) is 25.3 Å². The molecule has 3 N–H and O–H groups in total. The van der Waals surface area contributed by atoms with Crippen LogP contribution in [0.15, 0.2) is 24.3 Å². The Morgan fingerprint density at radius 2 is 2.19 bits per heavy atom. The van der Waals surface area contributed by atoms with E-state index in [0.717, 1.165) is 0 Å². The molecule has 1 fully saturated rings. The van der Waals surface area contributed by atoms with Crippen LogP contribution in [0.3, 0.4) is 0 Å². The van der Waals surface area contributed by atoms with Crippen molar-refractivity contribution in [2.24, 2.45) is 11.7 Å². The van der Waals surface area contributed by atoms with E-state index in [4.69, 9.17) is 15.2 Å². The third-order valence-corrected chi connectivity index (χ3v) is 5.04. The lowest BCUT2D eigenvalue weighted by atomic mass is 9.87. The van der Waals surface area contributed by atoms with E-state index in [2.05, 4.69) is 5.32 Å². The predicted octanol–water partition coefficient (Wildman–Crippen LogP) is 0.308. The summed E-state index contributed by atoms with van der Waals surface area (Å²) in [7, 11) is 0. The molecule has 2 atom stereocenters. The van der Waals surface area contributed by atoms with Gasteiger partial charge in [0.1, 0.15) is 23.8 Å². The molecule has 1 aromatic rings. The smallest absolute Gasteiger partial charge is 0.313 e. The second-order valence-corrected chi connectivity index (χ2v) is 6.87. The molecule has 1 saturated heterocycles. The molecular formula is C19H25N3O5. The van der Waals surface area contributed by atoms with Crippen molar-refractivity contribution in [1.82, 2.24) is 10.2 Å². The molecule has 8 nitrogen and oxygen atoms in total. The third-order valence-electron chi connectivity index (χ3n) is 5.04. The second kappa shape index (κ2) is 7.96. The molecule has 2 amide bonds. The first kappa shape index (κ1) is 19.2. The van der Waals surface area contributed by atoms with Crippen molar-refractivity contribution in [3.63, 3.8) is 0 Å². The quantitative estimate of drug-likeness (QED) is 0.717. The fraction of sp³-hybridized carbons (Fsp3) is 0.526. The summed E-state index contributed by atoms with van der Waals surface area (Å²) in [5, 5.41) is 2.96. The van der Waals surface area contributed by atoms with Gasteiger partial charge in [0, 0.05) is 19.5 Å². The van der Waals surface area contributed by atoms with Gasteiger partial charge >= 0.3 is 5.97 Å². The van der Waals surface area contributed by atoms with E-state index in [1.807, 2.05) is 0 Å². The number of fused-ring (bicyclic) bond motifs is 1. The number of nitrogens with one attached hydrogen (secondary N) is 1. The molecule has 0 aliphatic carbocycles. The Bertz CT molecular complexity index is 738. The first-order valence-electron chi connectivity index (χ1n) is 9.19. The van der Waals surface area contributed by atoms with Crippen LogP contribution in [0.25, 0.3) is 0 Å². The highest BCUT2D eigenvalue weighted by Crippen LogP contribution is 2.34. The number of hydrogen-bond acceptors (Lipinski definition) is 6. The van der Waals surface area contributed by atoms with Gasteiger partial charge in [-0.3, -0.25) is 14.4 Å². The molecule has 8 heteroatoms. The number of nitrogens with two attached hydrogens (primary N) is 1. The van der Waals surface area contributed by atoms with Crippen LogP contribution in [0.4, 0.5) is 0 Å². The number of carbonyl (C=O) groups excluding carboxylic acids is 3. The highest BCUT2D eigenvalue weighted by atomic mass is 16.5. The zero-order valence-corrected chi connectivity index (χ0v) is 15.4. The van der Waals surface area contributed by atoms with Crippen LogP contribution < -0.4 is 15.8 Å². The van der Waals surface area contributed by atoms with E-state index in [1.165, 1.54) is 0 Å². The van der Waals surface area contributed by atoms with Crippen molar-refractivity contribution in [3.8, 4) is 5.75 Å². The van der Waals surface area contributed by atoms with Gasteiger partial charge in [-0.25, -0.2) is 0 Å². The zero-order chi connectivity index (χ0) is 19.4. The lowest BCUT2D eigenvalue weighted by Crippen LogP contribution is -2.59. The number of nitrogens with zero attached hydrogens (tertiary/aromatic N) is 1. The van der Waals surface area contributed by atoms with Gasteiger partial charge in [-0.1, -0.05) is 12.1 Å². The summed E-state index contributed by atoms with van der Waals surface area (Å²) in [6.45, 7) is 2.83. The van der Waals surface area contributed by atoms with Crippen LogP contribution in [0.2, 0.25) is 0 Å². The monoisotopic (exact) mass is 375 g/mol. The molecule has 27 heavy (non-hydrogen) atoms. The standard InChI is InChI=1S/C19H25N3O5/c1-2-26-18(25)14-10-22(16(23)8-5-9-20)11-19(14)12-27-15-7-4-3-6-13(15)17(24)21-19/h3-4,6-7,14H,2,5,8-12,20H2,1H3,(H,21,24)/t14-,19-/m0/s1.